The van der Waals surface area contributed by atoms with E-state index < -0.39 is 49.8 Å². The van der Waals surface area contributed by atoms with Gasteiger partial charge in [-0.2, -0.15) is 17.5 Å². The molecule has 0 atom stereocenters. The Morgan fingerprint density at radius 3 is 2.53 bits per heavy atom. The van der Waals surface area contributed by atoms with E-state index in [-0.39, 0.29) is 25.8 Å². The number of carbonyl (C=O) groups excluding carboxylic acids is 1. The number of ether oxygens (including phenoxy) is 1. The first-order valence-corrected chi connectivity index (χ1v) is 9.77. The van der Waals surface area contributed by atoms with Crippen molar-refractivity contribution >= 4 is 21.7 Å². The first-order valence-electron chi connectivity index (χ1n) is 8.33. The number of hydrogen-bond acceptors (Lipinski definition) is 7. The lowest BCUT2D eigenvalue weighted by Crippen LogP contribution is -2.36. The van der Waals surface area contributed by atoms with Crippen LogP contribution in [-0.4, -0.2) is 56.0 Å². The largest absolute Gasteiger partial charge is 0.463 e. The summed E-state index contributed by atoms with van der Waals surface area (Å²) in [6.07, 6.45) is -4.82. The molecule has 0 bridgehead atoms. The van der Waals surface area contributed by atoms with Gasteiger partial charge in [-0.15, -0.1) is 0 Å². The minimum atomic E-state index is -4.98. The molecule has 30 heavy (non-hydrogen) atoms. The van der Waals surface area contributed by atoms with Gasteiger partial charge in [-0.3, -0.25) is 10.1 Å². The van der Waals surface area contributed by atoms with Crippen molar-refractivity contribution < 1.29 is 36.0 Å². The average molecular weight is 449 g/mol. The Hall–Kier alpha value is -2.95. The molecule has 0 spiro atoms. The Bertz CT molecular complexity index is 980. The van der Waals surface area contributed by atoms with E-state index in [0.29, 0.717) is 4.31 Å². The van der Waals surface area contributed by atoms with Gasteiger partial charge in [0.15, 0.2) is 4.90 Å². The summed E-state index contributed by atoms with van der Waals surface area (Å²) in [6.45, 7) is -0.0601. The fourth-order valence-corrected chi connectivity index (χ4v) is 3.62. The SMILES string of the molecule is CCOC(=O)C=C(C#CCN(CCN)S(=O)(=O)c1ccccc1[N+](=O)[O-])C(F)(F)F. The number of nitro benzene ring substituents is 1. The number of carbonyl (C=O) groups is 1. The lowest BCUT2D eigenvalue weighted by atomic mass is 10.2. The lowest BCUT2D eigenvalue weighted by molar-refractivity contribution is -0.387. The van der Waals surface area contributed by atoms with Crippen molar-refractivity contribution in [3.8, 4) is 11.8 Å². The highest BCUT2D eigenvalue weighted by atomic mass is 32.2. The first kappa shape index (κ1) is 25.1. The summed E-state index contributed by atoms with van der Waals surface area (Å²) in [6, 6.07) is 4.49. The van der Waals surface area contributed by atoms with Crippen LogP contribution in [0, 0.1) is 22.0 Å². The molecule has 0 saturated carbocycles. The molecule has 0 unspecified atom stereocenters. The van der Waals surface area contributed by atoms with Gasteiger partial charge in [0.25, 0.3) is 15.7 Å². The van der Waals surface area contributed by atoms with E-state index in [2.05, 4.69) is 4.74 Å². The van der Waals surface area contributed by atoms with Gasteiger partial charge in [-0.05, 0) is 13.0 Å². The number of benzene rings is 1. The third-order valence-corrected chi connectivity index (χ3v) is 5.28. The van der Waals surface area contributed by atoms with E-state index in [9.17, 15) is 36.5 Å². The molecule has 0 aromatic heterocycles. The van der Waals surface area contributed by atoms with Crippen LogP contribution in [0.15, 0.2) is 40.8 Å². The highest BCUT2D eigenvalue weighted by molar-refractivity contribution is 7.89. The summed E-state index contributed by atoms with van der Waals surface area (Å²) in [5.41, 5.74) is 3.13. The van der Waals surface area contributed by atoms with E-state index in [1.54, 1.807) is 5.92 Å². The Labute approximate surface area is 170 Å². The molecule has 0 fully saturated rings. The van der Waals surface area contributed by atoms with E-state index in [1.807, 2.05) is 5.92 Å². The Morgan fingerprint density at radius 1 is 1.37 bits per heavy atom. The molecule has 0 amide bonds. The molecule has 0 aliphatic carbocycles. The Balaban J connectivity index is 3.29. The monoisotopic (exact) mass is 449 g/mol. The Kier molecular flexibility index (Phi) is 8.96. The fraction of sp³-hybridized carbons (Fsp3) is 0.353. The van der Waals surface area contributed by atoms with Gasteiger partial charge in [-0.1, -0.05) is 24.0 Å². The number of halogens is 3. The van der Waals surface area contributed by atoms with Gasteiger partial charge < -0.3 is 10.5 Å². The zero-order chi connectivity index (χ0) is 22.9. The fourth-order valence-electron chi connectivity index (χ4n) is 2.11. The van der Waals surface area contributed by atoms with E-state index >= 15 is 0 Å². The van der Waals surface area contributed by atoms with Gasteiger partial charge in [0.1, 0.15) is 5.57 Å². The molecular formula is C17H18F3N3O6S. The van der Waals surface area contributed by atoms with Crippen LogP contribution in [-0.2, 0) is 19.6 Å². The van der Waals surface area contributed by atoms with Crippen molar-refractivity contribution in [2.24, 2.45) is 5.73 Å². The van der Waals surface area contributed by atoms with Crippen molar-refractivity contribution in [1.29, 1.82) is 0 Å². The average Bonchev–Trinajstić information content (AvgIpc) is 2.65. The number of hydrogen-bond donors (Lipinski definition) is 1. The van der Waals surface area contributed by atoms with Crippen molar-refractivity contribution in [1.82, 2.24) is 4.31 Å². The quantitative estimate of drug-likeness (QED) is 0.210. The van der Waals surface area contributed by atoms with Crippen LogP contribution >= 0.6 is 0 Å². The highest BCUT2D eigenvalue weighted by Gasteiger charge is 2.34. The summed E-state index contributed by atoms with van der Waals surface area (Å²) in [5, 5.41) is 11.1. The van der Waals surface area contributed by atoms with Crippen molar-refractivity contribution in [3.05, 3.63) is 46.0 Å². The topological polar surface area (TPSA) is 133 Å². The Morgan fingerprint density at radius 2 is 2.00 bits per heavy atom. The minimum absolute atomic E-state index is 0.147. The maximum atomic E-state index is 13.0. The van der Waals surface area contributed by atoms with Crippen LogP contribution in [0.4, 0.5) is 18.9 Å². The molecule has 2 N–H and O–H groups in total. The molecule has 1 aromatic carbocycles. The van der Waals surface area contributed by atoms with E-state index in [0.717, 1.165) is 12.1 Å². The van der Waals surface area contributed by atoms with Crippen LogP contribution in [0.3, 0.4) is 0 Å². The van der Waals surface area contributed by atoms with Gasteiger partial charge in [0.05, 0.1) is 18.1 Å². The zero-order valence-electron chi connectivity index (χ0n) is 15.7. The van der Waals surface area contributed by atoms with Gasteiger partial charge in [0.2, 0.25) is 0 Å². The van der Waals surface area contributed by atoms with E-state index in [1.165, 1.54) is 19.1 Å². The van der Waals surface area contributed by atoms with Crippen LogP contribution in [0.2, 0.25) is 0 Å². The summed E-state index contributed by atoms with van der Waals surface area (Å²) < 4.78 is 69.6. The number of esters is 1. The second-order valence-electron chi connectivity index (χ2n) is 5.46. The third-order valence-electron chi connectivity index (χ3n) is 3.39. The summed E-state index contributed by atoms with van der Waals surface area (Å²) in [5.74, 6) is 2.47. The molecule has 164 valence electrons. The van der Waals surface area contributed by atoms with Crippen LogP contribution in [0.1, 0.15) is 6.92 Å². The number of nitrogens with two attached hydrogens (primary N) is 1. The zero-order valence-corrected chi connectivity index (χ0v) is 16.5. The summed E-state index contributed by atoms with van der Waals surface area (Å²) in [7, 11) is -4.49. The van der Waals surface area contributed by atoms with Gasteiger partial charge in [0, 0.05) is 25.2 Å². The van der Waals surface area contributed by atoms with Crippen molar-refractivity contribution in [2.45, 2.75) is 18.0 Å². The lowest BCUT2D eigenvalue weighted by Gasteiger charge is -2.19. The molecule has 1 aromatic rings. The van der Waals surface area contributed by atoms with E-state index in [4.69, 9.17) is 5.73 Å². The van der Waals surface area contributed by atoms with Crippen molar-refractivity contribution in [3.63, 3.8) is 0 Å². The molecule has 0 heterocycles. The van der Waals surface area contributed by atoms with Crippen LogP contribution in [0.25, 0.3) is 0 Å². The third kappa shape index (κ3) is 6.83. The maximum absolute atomic E-state index is 13.0. The van der Waals surface area contributed by atoms with Gasteiger partial charge >= 0.3 is 12.1 Å². The smallest absolute Gasteiger partial charge is 0.424 e. The molecule has 9 nitrogen and oxygen atoms in total. The number of para-hydroxylation sites is 1. The minimum Gasteiger partial charge on any atom is -0.463 e. The highest BCUT2D eigenvalue weighted by Crippen LogP contribution is 2.27. The number of rotatable bonds is 8. The summed E-state index contributed by atoms with van der Waals surface area (Å²) >= 11 is 0. The normalized spacial score (nSPS) is 12.3. The molecule has 13 heteroatoms. The molecule has 1 rings (SSSR count). The number of allylic oxidation sites excluding steroid dienone is 1. The number of sulfonamides is 1. The predicted octanol–water partition coefficient (Wildman–Crippen LogP) is 1.60. The second kappa shape index (κ2) is 10.7. The van der Waals surface area contributed by atoms with Gasteiger partial charge in [-0.25, -0.2) is 13.2 Å². The first-order chi connectivity index (χ1) is 13.9. The number of nitro groups is 1. The van der Waals surface area contributed by atoms with Crippen molar-refractivity contribution in [2.75, 3.05) is 26.2 Å². The molecular weight excluding hydrogens is 431 g/mol. The maximum Gasteiger partial charge on any atom is 0.424 e. The van der Waals surface area contributed by atoms with Crippen LogP contribution < -0.4 is 5.73 Å². The summed E-state index contributed by atoms with van der Waals surface area (Å²) in [4.78, 5) is 20.9. The standard InChI is InChI=1S/C17H18F3N3O6S/c1-2-29-16(24)12-13(17(18,19)20)6-5-10-22(11-9-21)30(27,28)15-8-4-3-7-14(15)23(25)26/h3-4,7-8,12H,2,9-11,21H2,1H3. The predicted molar refractivity (Wildman–Crippen MR) is 99.5 cm³/mol. The van der Waals surface area contributed by atoms with Crippen LogP contribution in [0.5, 0.6) is 0 Å². The number of alkyl halides is 3. The second-order valence-corrected chi connectivity index (χ2v) is 7.37. The number of nitrogens with zero attached hydrogens (tertiary/aromatic N) is 2. The molecule has 0 aliphatic heterocycles. The molecule has 0 saturated heterocycles. The molecule has 0 aliphatic rings. The molecule has 0 radical (unpaired) electrons.